The quantitative estimate of drug-likeness (QED) is 0.623. The van der Waals surface area contributed by atoms with Gasteiger partial charge in [-0.3, -0.25) is 9.69 Å². The lowest BCUT2D eigenvalue weighted by atomic mass is 9.94. The molecule has 0 saturated carbocycles. The number of amides is 1. The van der Waals surface area contributed by atoms with E-state index in [0.717, 1.165) is 5.56 Å². The normalized spacial score (nSPS) is 23.0. The van der Waals surface area contributed by atoms with Crippen molar-refractivity contribution in [3.63, 3.8) is 0 Å². The van der Waals surface area contributed by atoms with Crippen LogP contribution in [0.5, 0.6) is 0 Å². The second kappa shape index (κ2) is 6.65. The average molecular weight is 342 g/mol. The summed E-state index contributed by atoms with van der Waals surface area (Å²) in [6, 6.07) is 8.97. The molecule has 124 valence electrons. The maximum atomic E-state index is 12.6. The molecule has 0 radical (unpaired) electrons. The summed E-state index contributed by atoms with van der Waals surface area (Å²) in [5.74, 6) is -0.518. The Balaban J connectivity index is 2.10. The van der Waals surface area contributed by atoms with Gasteiger partial charge >= 0.3 is 5.97 Å². The molecule has 0 aliphatic carbocycles. The Hall–Kier alpha value is -2.34. The van der Waals surface area contributed by atoms with Crippen LogP contribution in [0.1, 0.15) is 25.5 Å². The minimum absolute atomic E-state index is 0.0471. The zero-order valence-corrected chi connectivity index (χ0v) is 14.4. The number of aliphatic imine (C=N–C) groups is 1. The number of carbonyl (C=O) groups excluding carboxylic acids is 2. The summed E-state index contributed by atoms with van der Waals surface area (Å²) < 4.78 is 5.23. The molecule has 1 aromatic rings. The van der Waals surface area contributed by atoms with Gasteiger partial charge in [-0.2, -0.15) is 0 Å². The Morgan fingerprint density at radius 3 is 2.79 bits per heavy atom. The fraction of sp³-hybridized carbons (Fsp3) is 0.278. The number of hydrogen-bond acceptors (Lipinski definition) is 5. The number of nitrogens with zero attached hydrogens (tertiary/aromatic N) is 2. The van der Waals surface area contributed by atoms with Crippen LogP contribution in [-0.2, 0) is 14.3 Å². The highest BCUT2D eigenvalue weighted by Crippen LogP contribution is 2.43. The van der Waals surface area contributed by atoms with Gasteiger partial charge in [0.1, 0.15) is 6.61 Å². The lowest BCUT2D eigenvalue weighted by Crippen LogP contribution is -2.40. The van der Waals surface area contributed by atoms with E-state index < -0.39 is 12.0 Å². The van der Waals surface area contributed by atoms with E-state index in [4.69, 9.17) is 4.74 Å². The van der Waals surface area contributed by atoms with Crippen LogP contribution >= 0.6 is 11.8 Å². The highest BCUT2D eigenvalue weighted by Gasteiger charge is 2.46. The molecule has 0 aromatic heterocycles. The van der Waals surface area contributed by atoms with Crippen molar-refractivity contribution in [3.8, 4) is 0 Å². The number of thioether (sulfide) groups is 1. The number of carbonyl (C=O) groups is 2. The second-order valence-electron chi connectivity index (χ2n) is 5.56. The number of esters is 1. The molecule has 2 atom stereocenters. The third-order valence-corrected chi connectivity index (χ3v) is 4.98. The third-order valence-electron chi connectivity index (χ3n) is 3.93. The number of allylic oxidation sites excluding steroid dienone is 1. The minimum atomic E-state index is -0.513. The molecule has 1 saturated heterocycles. The molecule has 1 aromatic carbocycles. The van der Waals surface area contributed by atoms with E-state index >= 15 is 0 Å². The Morgan fingerprint density at radius 1 is 1.42 bits per heavy atom. The first kappa shape index (κ1) is 16.5. The van der Waals surface area contributed by atoms with E-state index in [-0.39, 0.29) is 17.8 Å². The number of ether oxygens (including phenoxy) is 1. The van der Waals surface area contributed by atoms with Gasteiger partial charge < -0.3 is 4.74 Å². The van der Waals surface area contributed by atoms with E-state index in [1.165, 1.54) is 17.8 Å². The van der Waals surface area contributed by atoms with Gasteiger partial charge in [0.05, 0.1) is 22.6 Å². The number of amidine groups is 1. The average Bonchev–Trinajstić information content (AvgIpc) is 2.86. The number of fused-ring (bicyclic) bond motifs is 1. The predicted molar refractivity (Wildman–Crippen MR) is 94.4 cm³/mol. The molecular weight excluding hydrogens is 324 g/mol. The number of rotatable bonds is 4. The van der Waals surface area contributed by atoms with Crippen LogP contribution in [0.15, 0.2) is 59.2 Å². The molecule has 6 heteroatoms. The van der Waals surface area contributed by atoms with Crippen LogP contribution in [0, 0.1) is 0 Å². The van der Waals surface area contributed by atoms with E-state index in [1.54, 1.807) is 11.8 Å². The van der Waals surface area contributed by atoms with Crippen molar-refractivity contribution >= 4 is 28.8 Å². The van der Waals surface area contributed by atoms with Crippen molar-refractivity contribution < 1.29 is 14.3 Å². The van der Waals surface area contributed by atoms with Crippen molar-refractivity contribution in [1.29, 1.82) is 0 Å². The fourth-order valence-electron chi connectivity index (χ4n) is 2.83. The van der Waals surface area contributed by atoms with Gasteiger partial charge in [-0.1, -0.05) is 54.7 Å². The summed E-state index contributed by atoms with van der Waals surface area (Å²) >= 11 is 1.42. The molecule has 2 aliphatic rings. The van der Waals surface area contributed by atoms with Crippen LogP contribution in [0.25, 0.3) is 0 Å². The van der Waals surface area contributed by atoms with Crippen LogP contribution < -0.4 is 0 Å². The van der Waals surface area contributed by atoms with Gasteiger partial charge in [0.25, 0.3) is 0 Å². The van der Waals surface area contributed by atoms with E-state index in [1.807, 2.05) is 37.3 Å². The topological polar surface area (TPSA) is 59.0 Å². The highest BCUT2D eigenvalue weighted by atomic mass is 32.2. The Bertz CT molecular complexity index is 755. The first-order valence-electron chi connectivity index (χ1n) is 7.66. The van der Waals surface area contributed by atoms with Crippen molar-refractivity contribution in [1.82, 2.24) is 4.90 Å². The summed E-state index contributed by atoms with van der Waals surface area (Å²) in [6.07, 6.45) is 1.52. The Morgan fingerprint density at radius 2 is 2.12 bits per heavy atom. The van der Waals surface area contributed by atoms with E-state index in [0.29, 0.717) is 16.4 Å². The van der Waals surface area contributed by atoms with E-state index in [9.17, 15) is 9.59 Å². The molecule has 2 heterocycles. The van der Waals surface area contributed by atoms with Crippen LogP contribution in [0.2, 0.25) is 0 Å². The third kappa shape index (κ3) is 2.78. The molecule has 1 amide bonds. The lowest BCUT2D eigenvalue weighted by Gasteiger charge is -2.32. The largest absolute Gasteiger partial charge is 0.458 e. The molecule has 0 bridgehead atoms. The molecule has 0 unspecified atom stereocenters. The minimum Gasteiger partial charge on any atom is -0.458 e. The maximum absolute atomic E-state index is 12.6. The van der Waals surface area contributed by atoms with Crippen LogP contribution in [-0.4, -0.2) is 33.8 Å². The molecule has 0 spiro atoms. The summed E-state index contributed by atoms with van der Waals surface area (Å²) in [5, 5.41) is 0.422. The Labute approximate surface area is 145 Å². The SMILES string of the molecule is C=CCOC(=O)C1=C(C)N=C2S[C@@H](C)C(=O)N2[C@@H]1c1ccccc1. The van der Waals surface area contributed by atoms with Gasteiger partial charge in [0.2, 0.25) is 5.91 Å². The predicted octanol–water partition coefficient (Wildman–Crippen LogP) is 3.06. The van der Waals surface area contributed by atoms with E-state index in [2.05, 4.69) is 11.6 Å². The molecule has 5 nitrogen and oxygen atoms in total. The molecule has 3 rings (SSSR count). The summed E-state index contributed by atoms with van der Waals surface area (Å²) in [7, 11) is 0. The number of hydrogen-bond donors (Lipinski definition) is 0. The summed E-state index contributed by atoms with van der Waals surface area (Å²) in [5.41, 5.74) is 1.84. The number of benzene rings is 1. The van der Waals surface area contributed by atoms with Gasteiger partial charge in [0.15, 0.2) is 5.17 Å². The fourth-order valence-corrected chi connectivity index (χ4v) is 3.86. The zero-order chi connectivity index (χ0) is 17.3. The maximum Gasteiger partial charge on any atom is 0.338 e. The van der Waals surface area contributed by atoms with Gasteiger partial charge in [0, 0.05) is 0 Å². The van der Waals surface area contributed by atoms with Gasteiger partial charge in [-0.05, 0) is 19.4 Å². The summed E-state index contributed by atoms with van der Waals surface area (Å²) in [4.78, 5) is 31.3. The van der Waals surface area contributed by atoms with Crippen molar-refractivity contribution in [2.24, 2.45) is 4.99 Å². The lowest BCUT2D eigenvalue weighted by molar-refractivity contribution is -0.139. The van der Waals surface area contributed by atoms with Crippen molar-refractivity contribution in [3.05, 3.63) is 59.8 Å². The summed E-state index contributed by atoms with van der Waals surface area (Å²) in [6.45, 7) is 7.30. The highest BCUT2D eigenvalue weighted by molar-refractivity contribution is 8.15. The Kier molecular flexibility index (Phi) is 4.57. The van der Waals surface area contributed by atoms with Crippen LogP contribution in [0.4, 0.5) is 0 Å². The van der Waals surface area contributed by atoms with Gasteiger partial charge in [-0.15, -0.1) is 0 Å². The first-order valence-corrected chi connectivity index (χ1v) is 8.54. The van der Waals surface area contributed by atoms with Crippen molar-refractivity contribution in [2.45, 2.75) is 25.1 Å². The monoisotopic (exact) mass is 342 g/mol. The zero-order valence-electron chi connectivity index (χ0n) is 13.6. The van der Waals surface area contributed by atoms with Crippen LogP contribution in [0.3, 0.4) is 0 Å². The molecular formula is C18H18N2O3S. The van der Waals surface area contributed by atoms with Crippen molar-refractivity contribution in [2.75, 3.05) is 6.61 Å². The smallest absolute Gasteiger partial charge is 0.338 e. The standard InChI is InChI=1S/C18H18N2O3S/c1-4-10-23-17(22)14-11(2)19-18-20(16(21)12(3)24-18)15(14)13-8-6-5-7-9-13/h4-9,12,15H,1,10H2,2-3H3/t12-,15+/m0/s1. The molecule has 2 aliphatic heterocycles. The first-order chi connectivity index (χ1) is 11.5. The van der Waals surface area contributed by atoms with Gasteiger partial charge in [-0.25, -0.2) is 9.79 Å². The molecule has 0 N–H and O–H groups in total. The molecule has 1 fully saturated rings. The molecule has 24 heavy (non-hydrogen) atoms. The second-order valence-corrected chi connectivity index (χ2v) is 6.87.